The Balaban J connectivity index is 0. The van der Waals surface area contributed by atoms with Crippen molar-refractivity contribution in [3.8, 4) is 0 Å². The van der Waals surface area contributed by atoms with Crippen molar-refractivity contribution in [1.29, 1.82) is 0 Å². The number of hydrogen-bond acceptors (Lipinski definition) is 3. The summed E-state index contributed by atoms with van der Waals surface area (Å²) in [7, 11) is -2.14. The summed E-state index contributed by atoms with van der Waals surface area (Å²) in [6.45, 7) is 8.93. The van der Waals surface area contributed by atoms with Crippen LogP contribution in [0, 0.1) is 0 Å². The number of unbranched alkanes of at least 4 members (excludes halogenated alkanes) is 3. The summed E-state index contributed by atoms with van der Waals surface area (Å²) in [5.41, 5.74) is 0. The Morgan fingerprint density at radius 3 is 1.43 bits per heavy atom. The number of rotatable bonds is 7. The second kappa shape index (κ2) is 15.6. The zero-order valence-corrected chi connectivity index (χ0v) is 11.0. The summed E-state index contributed by atoms with van der Waals surface area (Å²) in [6.07, 6.45) is 5.54. The minimum Gasteiger partial charge on any atom is -0.311 e. The summed E-state index contributed by atoms with van der Waals surface area (Å²) in [5, 5.41) is 0. The van der Waals surface area contributed by atoms with Gasteiger partial charge in [-0.2, -0.15) is 0 Å². The van der Waals surface area contributed by atoms with Gasteiger partial charge in [-0.1, -0.05) is 39.5 Å². The van der Waals surface area contributed by atoms with E-state index in [2.05, 4.69) is 22.9 Å². The predicted octanol–water partition coefficient (Wildman–Crippen LogP) is 4.04. The van der Waals surface area contributed by atoms with Crippen molar-refractivity contribution in [1.82, 2.24) is 0 Å². The van der Waals surface area contributed by atoms with Crippen molar-refractivity contribution >= 4 is 8.25 Å². The van der Waals surface area contributed by atoms with Crippen molar-refractivity contribution < 1.29 is 13.6 Å². The first-order chi connectivity index (χ1) is 6.72. The molecule has 14 heavy (non-hydrogen) atoms. The molecule has 0 unspecified atom stereocenters. The van der Waals surface area contributed by atoms with E-state index in [0.717, 1.165) is 0 Å². The average Bonchev–Trinajstić information content (AvgIpc) is 2.16. The van der Waals surface area contributed by atoms with Crippen molar-refractivity contribution in [2.24, 2.45) is 0 Å². The van der Waals surface area contributed by atoms with Crippen LogP contribution in [0.25, 0.3) is 0 Å². The largest absolute Gasteiger partial charge is 0.319 e. The molecule has 0 bridgehead atoms. The first-order valence-corrected chi connectivity index (χ1v) is 6.74. The molecule has 0 aromatic heterocycles. The molecule has 0 amide bonds. The van der Waals surface area contributed by atoms with E-state index in [-0.39, 0.29) is 0 Å². The molecule has 0 aliphatic heterocycles. The Morgan fingerprint density at radius 2 is 1.21 bits per heavy atom. The summed E-state index contributed by atoms with van der Waals surface area (Å²) in [6, 6.07) is 0. The molecule has 0 aromatic rings. The molecule has 0 radical (unpaired) electrons. The highest BCUT2D eigenvalue weighted by Crippen LogP contribution is 2.21. The van der Waals surface area contributed by atoms with E-state index in [9.17, 15) is 4.57 Å². The van der Waals surface area contributed by atoms with Gasteiger partial charge in [0, 0.05) is 0 Å². The van der Waals surface area contributed by atoms with Gasteiger partial charge in [0.1, 0.15) is 0 Å². The van der Waals surface area contributed by atoms with Crippen LogP contribution in [0.2, 0.25) is 0 Å². The van der Waals surface area contributed by atoms with E-state index in [1.165, 1.54) is 25.7 Å². The van der Waals surface area contributed by atoms with Gasteiger partial charge in [-0.05, 0) is 13.8 Å². The molecule has 0 saturated carbocycles. The quantitative estimate of drug-likeness (QED) is 0.483. The van der Waals surface area contributed by atoms with Crippen molar-refractivity contribution in [3.63, 3.8) is 0 Å². The van der Waals surface area contributed by atoms with Gasteiger partial charge < -0.3 is 9.05 Å². The van der Waals surface area contributed by atoms with E-state index in [1.54, 1.807) is 13.8 Å². The molecule has 0 aliphatic carbocycles. The maximum atomic E-state index is 10.4. The molecule has 0 heterocycles. The van der Waals surface area contributed by atoms with E-state index in [0.29, 0.717) is 13.2 Å². The fourth-order valence-corrected chi connectivity index (χ4v) is 1.33. The highest BCUT2D eigenvalue weighted by Gasteiger charge is 1.91. The van der Waals surface area contributed by atoms with Gasteiger partial charge in [0.05, 0.1) is 13.2 Å². The minimum absolute atomic E-state index is 0.456. The van der Waals surface area contributed by atoms with Crippen LogP contribution in [-0.4, -0.2) is 13.2 Å². The molecule has 0 rings (SSSR count). The predicted molar refractivity (Wildman–Crippen MR) is 62.1 cm³/mol. The van der Waals surface area contributed by atoms with E-state index in [4.69, 9.17) is 0 Å². The standard InChI is InChI=1S/C6H14.C4H11O3P/c1-3-5-6-4-2;1-3-6-8(5)7-4-2/h3-6H2,1-2H3;8H,3-4H2,1-2H3. The van der Waals surface area contributed by atoms with Crippen molar-refractivity contribution in [2.45, 2.75) is 53.4 Å². The van der Waals surface area contributed by atoms with Crippen LogP contribution in [0.15, 0.2) is 0 Å². The normalized spacial score (nSPS) is 9.79. The summed E-state index contributed by atoms with van der Waals surface area (Å²) in [4.78, 5) is 0. The molecular formula is C10H25O3P. The van der Waals surface area contributed by atoms with Crippen LogP contribution in [0.4, 0.5) is 0 Å². The Hall–Kier alpha value is 0.150. The molecule has 0 N–H and O–H groups in total. The molecule has 0 atom stereocenters. The number of hydrogen-bond donors (Lipinski definition) is 0. The first-order valence-electron chi connectivity index (χ1n) is 5.52. The first kappa shape index (κ1) is 16.6. The van der Waals surface area contributed by atoms with Gasteiger partial charge >= 0.3 is 8.25 Å². The molecule has 4 heteroatoms. The zero-order chi connectivity index (χ0) is 11.2. The lowest BCUT2D eigenvalue weighted by atomic mass is 10.2. The maximum absolute atomic E-state index is 10.4. The van der Waals surface area contributed by atoms with Gasteiger partial charge in [0.15, 0.2) is 0 Å². The third kappa shape index (κ3) is 18.0. The molecule has 0 spiro atoms. The van der Waals surface area contributed by atoms with Crippen LogP contribution in [0.3, 0.4) is 0 Å². The van der Waals surface area contributed by atoms with Crippen LogP contribution >= 0.6 is 8.25 Å². The van der Waals surface area contributed by atoms with E-state index in [1.807, 2.05) is 0 Å². The Labute approximate surface area is 89.1 Å². The fraction of sp³-hybridized carbons (Fsp3) is 1.00. The SMILES string of the molecule is CCCCCC.CCO[PH](=O)OCC. The third-order valence-electron chi connectivity index (χ3n) is 1.48. The lowest BCUT2D eigenvalue weighted by Crippen LogP contribution is -1.81. The maximum Gasteiger partial charge on any atom is 0.319 e. The molecule has 0 aromatic carbocycles. The van der Waals surface area contributed by atoms with Gasteiger partial charge in [-0.3, -0.25) is 4.57 Å². The van der Waals surface area contributed by atoms with E-state index >= 15 is 0 Å². The highest BCUT2D eigenvalue weighted by molar-refractivity contribution is 7.33. The van der Waals surface area contributed by atoms with Gasteiger partial charge in [-0.15, -0.1) is 0 Å². The van der Waals surface area contributed by atoms with Crippen LogP contribution < -0.4 is 0 Å². The van der Waals surface area contributed by atoms with Crippen LogP contribution in [0.1, 0.15) is 53.4 Å². The molecule has 0 saturated heterocycles. The summed E-state index contributed by atoms with van der Waals surface area (Å²) < 4.78 is 19.6. The van der Waals surface area contributed by atoms with Gasteiger partial charge in [0.2, 0.25) is 0 Å². The minimum atomic E-state index is -2.14. The topological polar surface area (TPSA) is 35.5 Å². The molecule has 0 aliphatic rings. The second-order valence-electron chi connectivity index (χ2n) is 2.82. The van der Waals surface area contributed by atoms with Crippen LogP contribution in [0.5, 0.6) is 0 Å². The van der Waals surface area contributed by atoms with Crippen molar-refractivity contribution in [3.05, 3.63) is 0 Å². The van der Waals surface area contributed by atoms with Crippen LogP contribution in [-0.2, 0) is 13.6 Å². The Bertz CT molecular complexity index is 106. The van der Waals surface area contributed by atoms with Gasteiger partial charge in [0.25, 0.3) is 0 Å². The third-order valence-corrected chi connectivity index (χ3v) is 2.53. The summed E-state index contributed by atoms with van der Waals surface area (Å²) >= 11 is 0. The monoisotopic (exact) mass is 224 g/mol. The zero-order valence-electron chi connectivity index (χ0n) is 9.97. The van der Waals surface area contributed by atoms with Crippen molar-refractivity contribution in [2.75, 3.05) is 13.2 Å². The lowest BCUT2D eigenvalue weighted by molar-refractivity contribution is 0.243. The molecular weight excluding hydrogens is 199 g/mol. The Morgan fingerprint density at radius 1 is 0.857 bits per heavy atom. The summed E-state index contributed by atoms with van der Waals surface area (Å²) in [5.74, 6) is 0. The smallest absolute Gasteiger partial charge is 0.311 e. The Kier molecular flexibility index (Phi) is 18.5. The average molecular weight is 224 g/mol. The molecule has 3 nitrogen and oxygen atoms in total. The van der Waals surface area contributed by atoms with E-state index < -0.39 is 8.25 Å². The molecule has 0 fully saturated rings. The second-order valence-corrected chi connectivity index (χ2v) is 3.90. The lowest BCUT2D eigenvalue weighted by Gasteiger charge is -1.97. The van der Waals surface area contributed by atoms with Gasteiger partial charge in [-0.25, -0.2) is 0 Å². The highest BCUT2D eigenvalue weighted by atomic mass is 31.1. The fourth-order valence-electron chi connectivity index (χ4n) is 0.777. The molecule has 88 valence electrons.